The van der Waals surface area contributed by atoms with Crippen LogP contribution >= 0.6 is 0 Å². The van der Waals surface area contributed by atoms with Crippen molar-refractivity contribution in [2.45, 2.75) is 50.8 Å². The minimum Gasteiger partial charge on any atom is -0.462 e. The van der Waals surface area contributed by atoms with Gasteiger partial charge in [0.1, 0.15) is 29.6 Å². The Balaban J connectivity index is 1.71. The second-order valence-corrected chi connectivity index (χ2v) is 6.63. The first kappa shape index (κ1) is 16.5. The van der Waals surface area contributed by atoms with E-state index >= 15 is 0 Å². The van der Waals surface area contributed by atoms with E-state index in [0.717, 1.165) is 35.8 Å². The molecule has 4 unspecified atom stereocenters. The largest absolute Gasteiger partial charge is 0.462 e. The molecule has 7 heteroatoms. The average Bonchev–Trinajstić information content (AvgIpc) is 3.09. The van der Waals surface area contributed by atoms with E-state index in [-0.39, 0.29) is 12.2 Å². The monoisotopic (exact) mass is 348 g/mol. The fraction of sp³-hybridized carbons (Fsp3) is 0.500. The Morgan fingerprint density at radius 2 is 1.88 bits per heavy atom. The van der Waals surface area contributed by atoms with Gasteiger partial charge in [-0.3, -0.25) is 0 Å². The van der Waals surface area contributed by atoms with E-state index in [4.69, 9.17) is 13.9 Å². The summed E-state index contributed by atoms with van der Waals surface area (Å²) < 4.78 is 16.4. The molecule has 134 valence electrons. The summed E-state index contributed by atoms with van der Waals surface area (Å²) in [6.07, 6.45) is -2.46. The highest BCUT2D eigenvalue weighted by Gasteiger charge is 2.39. The zero-order valence-electron chi connectivity index (χ0n) is 13.8. The molecule has 1 saturated heterocycles. The highest BCUT2D eigenvalue weighted by molar-refractivity contribution is 5.86. The van der Waals surface area contributed by atoms with E-state index in [1.807, 2.05) is 6.07 Å². The van der Waals surface area contributed by atoms with Crippen molar-refractivity contribution >= 4 is 11.0 Å². The molecule has 1 fully saturated rings. The number of hydrogen-bond acceptors (Lipinski definition) is 7. The van der Waals surface area contributed by atoms with Crippen molar-refractivity contribution < 1.29 is 29.2 Å². The van der Waals surface area contributed by atoms with Crippen molar-refractivity contribution in [1.82, 2.24) is 0 Å². The number of ether oxygens (including phenoxy) is 2. The first-order valence-electron chi connectivity index (χ1n) is 8.38. The van der Waals surface area contributed by atoms with Gasteiger partial charge in [-0.25, -0.2) is 4.79 Å². The number of aryl methyl sites for hydroxylation is 2. The Morgan fingerprint density at radius 3 is 2.68 bits per heavy atom. The maximum atomic E-state index is 12.2. The minimum atomic E-state index is -1.38. The van der Waals surface area contributed by atoms with E-state index in [0.29, 0.717) is 16.9 Å². The first-order chi connectivity index (χ1) is 12.0. The van der Waals surface area contributed by atoms with Gasteiger partial charge in [-0.15, -0.1) is 0 Å². The van der Waals surface area contributed by atoms with Crippen LogP contribution in [0.5, 0.6) is 5.75 Å². The average molecular weight is 348 g/mol. The lowest BCUT2D eigenvalue weighted by atomic mass is 10.0. The Bertz CT molecular complexity index is 872. The lowest BCUT2D eigenvalue weighted by Crippen LogP contribution is -2.54. The topological polar surface area (TPSA) is 109 Å². The summed E-state index contributed by atoms with van der Waals surface area (Å²) in [4.78, 5) is 12.2. The van der Waals surface area contributed by atoms with Gasteiger partial charge in [0.2, 0.25) is 6.29 Å². The van der Waals surface area contributed by atoms with Crippen LogP contribution in [0.15, 0.2) is 21.3 Å². The molecule has 1 aromatic heterocycles. The van der Waals surface area contributed by atoms with Crippen LogP contribution < -0.4 is 10.4 Å². The van der Waals surface area contributed by atoms with E-state index in [1.54, 1.807) is 13.0 Å². The fourth-order valence-electron chi connectivity index (χ4n) is 3.60. The van der Waals surface area contributed by atoms with Gasteiger partial charge in [-0.2, -0.15) is 0 Å². The van der Waals surface area contributed by atoms with Crippen LogP contribution in [0.4, 0.5) is 0 Å². The minimum absolute atomic E-state index is 0.141. The van der Waals surface area contributed by atoms with Crippen LogP contribution in [0.2, 0.25) is 0 Å². The Labute approximate surface area is 143 Å². The summed E-state index contributed by atoms with van der Waals surface area (Å²) in [6, 6.07) is 3.58. The maximum Gasteiger partial charge on any atom is 0.339 e. The molecule has 0 amide bonds. The molecule has 3 N–H and O–H groups in total. The number of aliphatic hydroxyl groups excluding tert-OH is 3. The van der Waals surface area contributed by atoms with Gasteiger partial charge < -0.3 is 29.2 Å². The third-order valence-corrected chi connectivity index (χ3v) is 5.04. The number of aliphatic hydroxyl groups is 3. The summed E-state index contributed by atoms with van der Waals surface area (Å²) in [5.41, 5.74) is 2.57. The predicted molar refractivity (Wildman–Crippen MR) is 87.6 cm³/mol. The molecule has 2 aromatic rings. The molecular weight excluding hydrogens is 328 g/mol. The van der Waals surface area contributed by atoms with Crippen molar-refractivity contribution in [3.8, 4) is 5.75 Å². The van der Waals surface area contributed by atoms with Gasteiger partial charge in [-0.05, 0) is 43.9 Å². The second kappa shape index (κ2) is 6.10. The van der Waals surface area contributed by atoms with Gasteiger partial charge in [0, 0.05) is 16.5 Å². The molecule has 7 nitrogen and oxygen atoms in total. The molecule has 0 bridgehead atoms. The summed E-state index contributed by atoms with van der Waals surface area (Å²) in [6.45, 7) is 1.63. The first-order valence-corrected chi connectivity index (χ1v) is 8.38. The quantitative estimate of drug-likeness (QED) is 0.674. The standard InChI is InChI=1S/C18H20O7/c1-8-13(24-18-15(21)14(20)12(19)7-23-18)6-5-10-9-3-2-4-11(9)17(22)25-16(8)10/h5-6,12,14-15,18-21H,2-4,7H2,1H3. The molecule has 1 aliphatic heterocycles. The molecule has 1 aromatic carbocycles. The molecule has 25 heavy (non-hydrogen) atoms. The number of rotatable bonds is 2. The van der Waals surface area contributed by atoms with Crippen LogP contribution in [-0.2, 0) is 17.6 Å². The molecule has 0 saturated carbocycles. The van der Waals surface area contributed by atoms with Gasteiger partial charge in [-0.1, -0.05) is 0 Å². The fourth-order valence-corrected chi connectivity index (χ4v) is 3.60. The molecule has 4 rings (SSSR count). The summed E-state index contributed by atoms with van der Waals surface area (Å²) in [5.74, 6) is 0.390. The lowest BCUT2D eigenvalue weighted by Gasteiger charge is -2.35. The predicted octanol–water partition coefficient (Wildman–Crippen LogP) is 0.408. The van der Waals surface area contributed by atoms with Gasteiger partial charge in [0.25, 0.3) is 0 Å². The third-order valence-electron chi connectivity index (χ3n) is 5.04. The summed E-state index contributed by atoms with van der Waals surface area (Å²) >= 11 is 0. The molecule has 2 aliphatic rings. The zero-order chi connectivity index (χ0) is 17.7. The van der Waals surface area contributed by atoms with Crippen LogP contribution in [-0.4, -0.2) is 46.5 Å². The van der Waals surface area contributed by atoms with Gasteiger partial charge >= 0.3 is 5.63 Å². The molecule has 1 aliphatic carbocycles. The van der Waals surface area contributed by atoms with Gasteiger partial charge in [0.15, 0.2) is 0 Å². The van der Waals surface area contributed by atoms with Crippen LogP contribution in [0.25, 0.3) is 11.0 Å². The SMILES string of the molecule is Cc1c(OC2OCC(O)C(O)C2O)ccc2c3c(c(=O)oc12)CCC3. The molecule has 4 atom stereocenters. The van der Waals surface area contributed by atoms with Crippen molar-refractivity contribution in [1.29, 1.82) is 0 Å². The van der Waals surface area contributed by atoms with Crippen molar-refractivity contribution in [2.24, 2.45) is 0 Å². The van der Waals surface area contributed by atoms with Crippen molar-refractivity contribution in [3.63, 3.8) is 0 Å². The summed E-state index contributed by atoms with van der Waals surface area (Å²) in [7, 11) is 0. The highest BCUT2D eigenvalue weighted by Crippen LogP contribution is 2.34. The third kappa shape index (κ3) is 2.64. The molecule has 2 heterocycles. The van der Waals surface area contributed by atoms with Crippen molar-refractivity contribution in [3.05, 3.63) is 39.2 Å². The van der Waals surface area contributed by atoms with Gasteiger partial charge in [0.05, 0.1) is 6.61 Å². The normalized spacial score (nSPS) is 29.0. The zero-order valence-corrected chi connectivity index (χ0v) is 13.8. The number of hydrogen-bond donors (Lipinski definition) is 3. The Hall–Kier alpha value is -1.93. The second-order valence-electron chi connectivity index (χ2n) is 6.63. The molecule has 0 radical (unpaired) electrons. The van der Waals surface area contributed by atoms with E-state index < -0.39 is 24.6 Å². The Morgan fingerprint density at radius 1 is 1.12 bits per heavy atom. The van der Waals surface area contributed by atoms with E-state index in [1.165, 1.54) is 0 Å². The van der Waals surface area contributed by atoms with Crippen molar-refractivity contribution in [2.75, 3.05) is 6.61 Å². The molecular formula is C18H20O7. The van der Waals surface area contributed by atoms with Crippen LogP contribution in [0.1, 0.15) is 23.1 Å². The molecule has 0 spiro atoms. The van der Waals surface area contributed by atoms with E-state index in [2.05, 4.69) is 0 Å². The van der Waals surface area contributed by atoms with E-state index in [9.17, 15) is 20.1 Å². The van der Waals surface area contributed by atoms with Crippen LogP contribution in [0.3, 0.4) is 0 Å². The Kier molecular flexibility index (Phi) is 4.04. The smallest absolute Gasteiger partial charge is 0.339 e. The summed E-state index contributed by atoms with van der Waals surface area (Å²) in [5, 5.41) is 30.2. The lowest BCUT2D eigenvalue weighted by molar-refractivity contribution is -0.242. The number of benzene rings is 1. The highest BCUT2D eigenvalue weighted by atomic mass is 16.7. The maximum absolute atomic E-state index is 12.2. The van der Waals surface area contributed by atoms with Crippen LogP contribution in [0, 0.1) is 6.92 Å². The number of fused-ring (bicyclic) bond motifs is 3.